The number of hydrogen-bond acceptors (Lipinski definition) is 10. The molecular formula is C30H22I3O10S-. The van der Waals surface area contributed by atoms with Gasteiger partial charge in [-0.1, -0.05) is 18.4 Å². The number of carbonyl (C=O) groups excluding carboxylic acids is 3. The second-order valence-corrected chi connectivity index (χ2v) is 14.4. The highest BCUT2D eigenvalue weighted by molar-refractivity contribution is 14.1. The molecule has 0 saturated heterocycles. The van der Waals surface area contributed by atoms with E-state index >= 15 is 0 Å². The molecule has 0 amide bonds. The van der Waals surface area contributed by atoms with Gasteiger partial charge in [-0.3, -0.25) is 0 Å². The van der Waals surface area contributed by atoms with E-state index in [1.54, 1.807) is 69.4 Å². The predicted octanol–water partition coefficient (Wildman–Crippen LogP) is 6.10. The van der Waals surface area contributed by atoms with E-state index in [9.17, 15) is 27.4 Å². The lowest BCUT2D eigenvalue weighted by molar-refractivity contribution is -0.159. The van der Waals surface area contributed by atoms with Crippen molar-refractivity contribution in [3.8, 4) is 29.6 Å². The Morgan fingerprint density at radius 1 is 0.886 bits per heavy atom. The van der Waals surface area contributed by atoms with Crippen LogP contribution in [-0.4, -0.2) is 43.1 Å². The summed E-state index contributed by atoms with van der Waals surface area (Å²) in [5, 5.41) is 0. The lowest BCUT2D eigenvalue weighted by atomic mass is 9.85. The van der Waals surface area contributed by atoms with E-state index in [4.69, 9.17) is 25.4 Å². The van der Waals surface area contributed by atoms with Crippen molar-refractivity contribution in [3.05, 3.63) is 76.4 Å². The summed E-state index contributed by atoms with van der Waals surface area (Å²) in [6, 6.07) is 13.1. The van der Waals surface area contributed by atoms with Crippen molar-refractivity contribution in [2.24, 2.45) is 0 Å². The van der Waals surface area contributed by atoms with Crippen LogP contribution in [0.3, 0.4) is 0 Å². The van der Waals surface area contributed by atoms with Crippen molar-refractivity contribution >= 4 is 95.8 Å². The monoisotopic (exact) mass is 955 g/mol. The highest BCUT2D eigenvalue weighted by Crippen LogP contribution is 2.33. The highest BCUT2D eigenvalue weighted by atomic mass is 127. The number of terminal acetylenes is 1. The van der Waals surface area contributed by atoms with Gasteiger partial charge in [-0.25, -0.2) is 22.8 Å². The maximum Gasteiger partial charge on any atom is 0.348 e. The van der Waals surface area contributed by atoms with Crippen LogP contribution >= 0.6 is 67.8 Å². The second kappa shape index (κ2) is 14.7. The first-order valence-corrected chi connectivity index (χ1v) is 17.6. The molecule has 0 bridgehead atoms. The number of rotatable bonds is 9. The van der Waals surface area contributed by atoms with Gasteiger partial charge in [0.1, 0.15) is 32.9 Å². The maximum absolute atomic E-state index is 13.6. The normalized spacial score (nSPS) is 14.2. The predicted molar refractivity (Wildman–Crippen MR) is 182 cm³/mol. The molecule has 10 nitrogen and oxygen atoms in total. The van der Waals surface area contributed by atoms with Crippen molar-refractivity contribution in [1.82, 2.24) is 0 Å². The first-order chi connectivity index (χ1) is 20.8. The SMILES string of the molecule is C#CC1(OC(=O)COc2cccc(C(=O)Oc3ccc(I)cc3)c2C(=O)Oc2cc(I)c(S(=O)(=O)[O-])c(I)c2)CCCCC1. The average molecular weight is 955 g/mol. The minimum atomic E-state index is -4.79. The molecule has 0 aromatic heterocycles. The highest BCUT2D eigenvalue weighted by Gasteiger charge is 2.34. The Morgan fingerprint density at radius 3 is 2.09 bits per heavy atom. The number of benzene rings is 3. The van der Waals surface area contributed by atoms with E-state index in [1.807, 2.05) is 0 Å². The average Bonchev–Trinajstić information content (AvgIpc) is 2.96. The lowest BCUT2D eigenvalue weighted by Crippen LogP contribution is -2.37. The van der Waals surface area contributed by atoms with Crippen LogP contribution in [0, 0.1) is 23.1 Å². The Hall–Kier alpha value is -2.47. The first kappa shape index (κ1) is 34.4. The van der Waals surface area contributed by atoms with Crippen molar-refractivity contribution in [1.29, 1.82) is 0 Å². The second-order valence-electron chi connectivity index (χ2n) is 9.54. The van der Waals surface area contributed by atoms with Gasteiger partial charge in [0.25, 0.3) is 0 Å². The number of halogens is 3. The third kappa shape index (κ3) is 8.62. The van der Waals surface area contributed by atoms with E-state index in [0.717, 1.165) is 22.8 Å². The van der Waals surface area contributed by atoms with Gasteiger partial charge >= 0.3 is 17.9 Å². The van der Waals surface area contributed by atoms with Gasteiger partial charge in [-0.2, -0.15) is 0 Å². The molecule has 0 N–H and O–H groups in total. The Balaban J connectivity index is 1.65. The van der Waals surface area contributed by atoms with Crippen LogP contribution in [0.4, 0.5) is 0 Å². The molecule has 0 spiro atoms. The van der Waals surface area contributed by atoms with Crippen LogP contribution in [0.1, 0.15) is 52.8 Å². The van der Waals surface area contributed by atoms with Gasteiger partial charge in [-0.05, 0) is 142 Å². The Bertz CT molecular complexity index is 1720. The van der Waals surface area contributed by atoms with E-state index in [1.165, 1.54) is 30.3 Å². The lowest BCUT2D eigenvalue weighted by Gasteiger charge is -2.31. The molecule has 0 unspecified atom stereocenters. The molecule has 1 saturated carbocycles. The third-order valence-electron chi connectivity index (χ3n) is 6.49. The topological polar surface area (TPSA) is 145 Å². The fraction of sp³-hybridized carbons (Fsp3) is 0.233. The molecule has 1 fully saturated rings. The summed E-state index contributed by atoms with van der Waals surface area (Å²) in [7, 11) is -4.79. The smallest absolute Gasteiger partial charge is 0.348 e. The summed E-state index contributed by atoms with van der Waals surface area (Å²) in [5.41, 5.74) is -1.61. The van der Waals surface area contributed by atoms with Gasteiger partial charge in [0.2, 0.25) is 0 Å². The molecule has 0 aliphatic heterocycles. The van der Waals surface area contributed by atoms with Crippen LogP contribution < -0.4 is 14.2 Å². The summed E-state index contributed by atoms with van der Waals surface area (Å²) >= 11 is 5.39. The van der Waals surface area contributed by atoms with Crippen molar-refractivity contribution < 1.29 is 46.3 Å². The van der Waals surface area contributed by atoms with Gasteiger partial charge in [0.15, 0.2) is 12.2 Å². The molecule has 3 aromatic carbocycles. The Labute approximate surface area is 294 Å². The Morgan fingerprint density at radius 2 is 1.50 bits per heavy atom. The molecule has 14 heteroatoms. The fourth-order valence-corrected chi connectivity index (χ4v) is 8.76. The van der Waals surface area contributed by atoms with Gasteiger partial charge in [0.05, 0.1) is 10.5 Å². The molecular weight excluding hydrogens is 933 g/mol. The zero-order chi connectivity index (χ0) is 32.1. The zero-order valence-corrected chi connectivity index (χ0v) is 29.9. The van der Waals surface area contributed by atoms with E-state index in [2.05, 4.69) is 28.5 Å². The van der Waals surface area contributed by atoms with Crippen molar-refractivity contribution in [3.63, 3.8) is 0 Å². The molecule has 1 aliphatic carbocycles. The van der Waals surface area contributed by atoms with Crippen LogP contribution in [0.5, 0.6) is 17.2 Å². The quantitative estimate of drug-likeness (QED) is 0.0812. The summed E-state index contributed by atoms with van der Waals surface area (Å²) < 4.78 is 58.2. The molecule has 44 heavy (non-hydrogen) atoms. The zero-order valence-electron chi connectivity index (χ0n) is 22.6. The van der Waals surface area contributed by atoms with Crippen LogP contribution in [0.25, 0.3) is 0 Å². The van der Waals surface area contributed by atoms with E-state index in [-0.39, 0.29) is 35.5 Å². The van der Waals surface area contributed by atoms with Crippen molar-refractivity contribution in [2.75, 3.05) is 6.61 Å². The molecule has 4 rings (SSSR count). The standard InChI is InChI=1S/C30H23I3O10S/c1-2-30(13-4-3-5-14-30)43-25(34)17-40-24-8-6-7-21(28(35)41-19-11-9-18(31)10-12-19)26(24)29(36)42-20-15-22(32)27(23(33)16-20)44(37,38)39/h1,6-12,15-16H,3-5,13-14,17H2,(H,37,38,39)/p-1. The van der Waals surface area contributed by atoms with Crippen LogP contribution in [0.2, 0.25) is 0 Å². The van der Waals surface area contributed by atoms with E-state index < -0.39 is 45.1 Å². The Kier molecular flexibility index (Phi) is 11.5. The number of ether oxygens (including phenoxy) is 4. The van der Waals surface area contributed by atoms with E-state index in [0.29, 0.717) is 12.8 Å². The molecule has 1 aliphatic rings. The van der Waals surface area contributed by atoms with Gasteiger partial charge in [-0.15, -0.1) is 6.42 Å². The number of esters is 3. The molecule has 0 radical (unpaired) electrons. The maximum atomic E-state index is 13.6. The van der Waals surface area contributed by atoms with Crippen molar-refractivity contribution in [2.45, 2.75) is 42.6 Å². The minimum absolute atomic E-state index is 0.0306. The number of hydrogen-bond donors (Lipinski definition) is 0. The number of carbonyl (C=O) groups is 3. The van der Waals surface area contributed by atoms with Crippen LogP contribution in [-0.2, 0) is 19.6 Å². The molecule has 0 atom stereocenters. The largest absolute Gasteiger partial charge is 0.744 e. The summed E-state index contributed by atoms with van der Waals surface area (Å²) in [5.74, 6) is -0.206. The fourth-order valence-electron chi connectivity index (χ4n) is 4.47. The summed E-state index contributed by atoms with van der Waals surface area (Å²) in [4.78, 5) is 39.2. The summed E-state index contributed by atoms with van der Waals surface area (Å²) in [6.45, 7) is -0.620. The minimum Gasteiger partial charge on any atom is -0.744 e. The van der Waals surface area contributed by atoms with Gasteiger partial charge < -0.3 is 23.5 Å². The molecule has 0 heterocycles. The molecule has 230 valence electrons. The van der Waals surface area contributed by atoms with Gasteiger partial charge in [0, 0.05) is 10.7 Å². The van der Waals surface area contributed by atoms with Crippen LogP contribution in [0.15, 0.2) is 59.5 Å². The first-order valence-electron chi connectivity index (χ1n) is 12.9. The third-order valence-corrected chi connectivity index (χ3v) is 10.6. The summed E-state index contributed by atoms with van der Waals surface area (Å²) in [6.07, 6.45) is 9.35. The molecule has 3 aromatic rings.